The predicted molar refractivity (Wildman–Crippen MR) is 60.1 cm³/mol. The fraction of sp³-hybridized carbons (Fsp3) is 1.00. The lowest BCUT2D eigenvalue weighted by Gasteiger charge is -2.46. The molecule has 1 aliphatic rings. The van der Waals surface area contributed by atoms with Gasteiger partial charge in [-0.05, 0) is 37.0 Å². The number of halogens is 1. The van der Waals surface area contributed by atoms with Crippen LogP contribution in [0.2, 0.25) is 0 Å². The lowest BCUT2D eigenvalue weighted by atomic mass is 9.59. The van der Waals surface area contributed by atoms with Gasteiger partial charge in [-0.3, -0.25) is 0 Å². The van der Waals surface area contributed by atoms with Gasteiger partial charge in [0.15, 0.2) is 0 Å². The van der Waals surface area contributed by atoms with E-state index in [2.05, 4.69) is 20.8 Å². The number of hydrogen-bond acceptors (Lipinski definition) is 0. The quantitative estimate of drug-likeness (QED) is 0.625. The topological polar surface area (TPSA) is 0 Å². The first-order valence-corrected chi connectivity index (χ1v) is 6.16. The molecule has 1 rings (SSSR count). The Morgan fingerprint density at radius 1 is 1.36 bits per heavy atom. The van der Waals surface area contributed by atoms with Crippen molar-refractivity contribution in [2.75, 3.05) is 0 Å². The van der Waals surface area contributed by atoms with Gasteiger partial charge >= 0.3 is 0 Å². The highest BCUT2D eigenvalue weighted by atomic mass is 19.1. The summed E-state index contributed by atoms with van der Waals surface area (Å²) in [5.74, 6) is 0.956. The van der Waals surface area contributed by atoms with Crippen LogP contribution in [0.15, 0.2) is 0 Å². The smallest absolute Gasteiger partial charge is 0.101 e. The minimum absolute atomic E-state index is 0.251. The molecular formula is C13H25F. The molecular weight excluding hydrogens is 175 g/mol. The second kappa shape index (κ2) is 4.63. The Morgan fingerprint density at radius 2 is 2.00 bits per heavy atom. The molecule has 0 amide bonds. The van der Waals surface area contributed by atoms with Crippen LogP contribution in [0.25, 0.3) is 0 Å². The van der Waals surface area contributed by atoms with E-state index in [4.69, 9.17) is 0 Å². The van der Waals surface area contributed by atoms with E-state index < -0.39 is 6.17 Å². The molecule has 0 nitrogen and oxygen atoms in total. The van der Waals surface area contributed by atoms with Gasteiger partial charge in [-0.1, -0.05) is 40.0 Å². The summed E-state index contributed by atoms with van der Waals surface area (Å²) in [4.78, 5) is 0. The third-order valence-electron chi connectivity index (χ3n) is 4.62. The van der Waals surface area contributed by atoms with Crippen molar-refractivity contribution in [1.29, 1.82) is 0 Å². The molecule has 84 valence electrons. The molecule has 14 heavy (non-hydrogen) atoms. The average molecular weight is 200 g/mol. The summed E-state index contributed by atoms with van der Waals surface area (Å²) in [5, 5.41) is 0. The Morgan fingerprint density at radius 3 is 2.50 bits per heavy atom. The van der Waals surface area contributed by atoms with E-state index in [0.717, 1.165) is 6.42 Å². The Kier molecular flexibility index (Phi) is 3.97. The Hall–Kier alpha value is -0.0700. The fourth-order valence-corrected chi connectivity index (χ4v) is 3.22. The fourth-order valence-electron chi connectivity index (χ4n) is 3.22. The van der Waals surface area contributed by atoms with Gasteiger partial charge in [0.1, 0.15) is 6.17 Å². The second-order valence-electron chi connectivity index (χ2n) is 5.34. The highest BCUT2D eigenvalue weighted by molar-refractivity contribution is 4.91. The molecule has 4 unspecified atom stereocenters. The Bertz CT molecular complexity index is 176. The largest absolute Gasteiger partial charge is 0.247 e. The van der Waals surface area contributed by atoms with E-state index in [1.807, 2.05) is 0 Å². The van der Waals surface area contributed by atoms with Crippen molar-refractivity contribution < 1.29 is 4.39 Å². The average Bonchev–Trinajstić information content (AvgIpc) is 2.16. The zero-order valence-corrected chi connectivity index (χ0v) is 10.1. The highest BCUT2D eigenvalue weighted by Gasteiger charge is 2.42. The van der Waals surface area contributed by atoms with Crippen molar-refractivity contribution in [2.24, 2.45) is 17.3 Å². The van der Waals surface area contributed by atoms with Gasteiger partial charge in [0.05, 0.1) is 0 Å². The Balaban J connectivity index is 2.79. The van der Waals surface area contributed by atoms with Crippen molar-refractivity contribution >= 4 is 0 Å². The molecule has 1 aliphatic carbocycles. The molecule has 0 aromatic heterocycles. The highest BCUT2D eigenvalue weighted by Crippen LogP contribution is 2.49. The van der Waals surface area contributed by atoms with Crippen LogP contribution >= 0.6 is 0 Å². The van der Waals surface area contributed by atoms with Crippen LogP contribution in [0.3, 0.4) is 0 Å². The summed E-state index contributed by atoms with van der Waals surface area (Å²) in [7, 11) is 0. The molecule has 0 bridgehead atoms. The van der Waals surface area contributed by atoms with Crippen LogP contribution in [-0.2, 0) is 0 Å². The second-order valence-corrected chi connectivity index (χ2v) is 5.34. The maximum Gasteiger partial charge on any atom is 0.101 e. The minimum Gasteiger partial charge on any atom is -0.247 e. The zero-order valence-electron chi connectivity index (χ0n) is 10.1. The van der Waals surface area contributed by atoms with Crippen LogP contribution < -0.4 is 0 Å². The molecule has 1 saturated carbocycles. The van der Waals surface area contributed by atoms with E-state index in [1.54, 1.807) is 6.92 Å². The maximum absolute atomic E-state index is 13.6. The first-order valence-electron chi connectivity index (χ1n) is 6.16. The van der Waals surface area contributed by atoms with Gasteiger partial charge in [0, 0.05) is 0 Å². The SMILES string of the molecule is CCC(C)C1(C)CCCCC1C(C)F. The van der Waals surface area contributed by atoms with Gasteiger partial charge < -0.3 is 0 Å². The summed E-state index contributed by atoms with van der Waals surface area (Å²) >= 11 is 0. The maximum atomic E-state index is 13.6. The van der Waals surface area contributed by atoms with Gasteiger partial charge in [0.2, 0.25) is 0 Å². The minimum atomic E-state index is -0.630. The predicted octanol–water partition coefficient (Wildman–Crippen LogP) is 4.59. The first-order chi connectivity index (χ1) is 6.52. The molecule has 4 atom stereocenters. The van der Waals surface area contributed by atoms with Crippen LogP contribution in [-0.4, -0.2) is 6.17 Å². The van der Waals surface area contributed by atoms with Crippen molar-refractivity contribution in [3.63, 3.8) is 0 Å². The zero-order chi connectivity index (χ0) is 10.8. The normalized spacial score (nSPS) is 37.9. The summed E-state index contributed by atoms with van der Waals surface area (Å²) < 4.78 is 13.6. The summed E-state index contributed by atoms with van der Waals surface area (Å²) in [6.07, 6.45) is 5.39. The van der Waals surface area contributed by atoms with Gasteiger partial charge in [-0.2, -0.15) is 0 Å². The van der Waals surface area contributed by atoms with Gasteiger partial charge in [-0.15, -0.1) is 0 Å². The molecule has 0 aromatic rings. The van der Waals surface area contributed by atoms with Crippen LogP contribution in [0, 0.1) is 17.3 Å². The molecule has 0 N–H and O–H groups in total. The number of hydrogen-bond donors (Lipinski definition) is 0. The van der Waals surface area contributed by atoms with Gasteiger partial charge in [0.25, 0.3) is 0 Å². The lowest BCUT2D eigenvalue weighted by molar-refractivity contribution is 0.00345. The summed E-state index contributed by atoms with van der Waals surface area (Å²) in [6.45, 7) is 8.57. The molecule has 0 radical (unpaired) electrons. The molecule has 0 heterocycles. The molecule has 1 heteroatoms. The van der Waals surface area contributed by atoms with Gasteiger partial charge in [-0.25, -0.2) is 4.39 Å². The first kappa shape index (κ1) is 12.0. The van der Waals surface area contributed by atoms with E-state index >= 15 is 0 Å². The van der Waals surface area contributed by atoms with E-state index in [1.165, 1.54) is 25.7 Å². The van der Waals surface area contributed by atoms with E-state index in [0.29, 0.717) is 11.8 Å². The molecule has 1 fully saturated rings. The van der Waals surface area contributed by atoms with Crippen molar-refractivity contribution in [2.45, 2.75) is 66.0 Å². The summed E-state index contributed by atoms with van der Waals surface area (Å²) in [5.41, 5.74) is 0.251. The summed E-state index contributed by atoms with van der Waals surface area (Å²) in [6, 6.07) is 0. The molecule has 0 aromatic carbocycles. The van der Waals surface area contributed by atoms with Crippen LogP contribution in [0.4, 0.5) is 4.39 Å². The van der Waals surface area contributed by atoms with Crippen LogP contribution in [0.1, 0.15) is 59.8 Å². The van der Waals surface area contributed by atoms with Crippen molar-refractivity contribution in [3.8, 4) is 0 Å². The van der Waals surface area contributed by atoms with E-state index in [-0.39, 0.29) is 5.41 Å². The van der Waals surface area contributed by atoms with E-state index in [9.17, 15) is 4.39 Å². The van der Waals surface area contributed by atoms with Crippen molar-refractivity contribution in [3.05, 3.63) is 0 Å². The van der Waals surface area contributed by atoms with Crippen LogP contribution in [0.5, 0.6) is 0 Å². The van der Waals surface area contributed by atoms with Crippen molar-refractivity contribution in [1.82, 2.24) is 0 Å². The number of alkyl halides is 1. The monoisotopic (exact) mass is 200 g/mol. The third-order valence-corrected chi connectivity index (χ3v) is 4.62. The standard InChI is InChI=1S/C13H25F/c1-5-10(2)13(4)9-7-6-8-12(13)11(3)14/h10-12H,5-9H2,1-4H3. The molecule has 0 aliphatic heterocycles. The third kappa shape index (κ3) is 2.12. The lowest BCUT2D eigenvalue weighted by Crippen LogP contribution is -2.40. The number of rotatable bonds is 3. The Labute approximate surface area is 88.3 Å². The molecule has 0 saturated heterocycles. The molecule has 0 spiro atoms.